The molecular weight excluding hydrogens is 935 g/mol. The molecule has 0 radical (unpaired) electrons. The Balaban J connectivity index is 3.38. The number of esters is 1. The van der Waals surface area contributed by atoms with Gasteiger partial charge in [-0.15, -0.1) is 0 Å². The van der Waals surface area contributed by atoms with Crippen LogP contribution in [-0.2, 0) is 14.3 Å². The van der Waals surface area contributed by atoms with Crippen LogP contribution >= 0.6 is 0 Å². The Morgan fingerprint density at radius 2 is 0.658 bits per heavy atom. The number of ether oxygens (including phenoxy) is 1. The Kier molecular flexibility index (Phi) is 63.9. The van der Waals surface area contributed by atoms with E-state index in [1.54, 1.807) is 0 Å². The van der Waals surface area contributed by atoms with Gasteiger partial charge in [-0.05, 0) is 83.5 Å². The van der Waals surface area contributed by atoms with Crippen molar-refractivity contribution in [2.45, 2.75) is 386 Å². The van der Waals surface area contributed by atoms with Gasteiger partial charge in [0.1, 0.15) is 0 Å². The molecule has 76 heavy (non-hydrogen) atoms. The van der Waals surface area contributed by atoms with Gasteiger partial charge < -0.3 is 20.3 Å². The Bertz CT molecular complexity index is 1230. The number of unbranched alkanes of at least 4 members (excludes halogenated alkanes) is 47. The minimum atomic E-state index is -0.665. The molecule has 0 aliphatic carbocycles. The zero-order chi connectivity index (χ0) is 55.0. The summed E-state index contributed by atoms with van der Waals surface area (Å²) in [6.45, 7) is 4.95. The average Bonchev–Trinajstić information content (AvgIpc) is 3.42. The Labute approximate surface area is 474 Å². The van der Waals surface area contributed by atoms with E-state index < -0.39 is 12.1 Å². The lowest BCUT2D eigenvalue weighted by Gasteiger charge is -2.22. The molecular formula is C70H133NO5. The molecule has 0 aromatic rings. The normalized spacial score (nSPS) is 12.7. The number of hydrogen-bond donors (Lipinski definition) is 3. The molecule has 0 aliphatic rings. The Morgan fingerprint density at radius 1 is 0.368 bits per heavy atom. The fourth-order valence-electron chi connectivity index (χ4n) is 10.7. The number of aliphatic hydroxyl groups excluding tert-OH is 2. The van der Waals surface area contributed by atoms with Gasteiger partial charge in [0.05, 0.1) is 25.4 Å². The number of carbonyl (C=O) groups is 2. The van der Waals surface area contributed by atoms with E-state index in [4.69, 9.17) is 4.74 Å². The van der Waals surface area contributed by atoms with E-state index >= 15 is 0 Å². The van der Waals surface area contributed by atoms with E-state index in [-0.39, 0.29) is 18.5 Å². The summed E-state index contributed by atoms with van der Waals surface area (Å²) in [5, 5.41) is 23.3. The molecule has 448 valence electrons. The molecule has 2 atom stereocenters. The third-order valence-corrected chi connectivity index (χ3v) is 15.9. The monoisotopic (exact) mass is 1070 g/mol. The van der Waals surface area contributed by atoms with Crippen LogP contribution in [0.4, 0.5) is 0 Å². The van der Waals surface area contributed by atoms with Gasteiger partial charge in [-0.3, -0.25) is 9.59 Å². The van der Waals surface area contributed by atoms with Crippen molar-refractivity contribution in [3.05, 3.63) is 36.5 Å². The van der Waals surface area contributed by atoms with E-state index in [2.05, 4.69) is 55.6 Å². The summed E-state index contributed by atoms with van der Waals surface area (Å²) < 4.78 is 5.49. The molecule has 0 aromatic heterocycles. The maximum absolute atomic E-state index is 12.5. The van der Waals surface area contributed by atoms with E-state index in [9.17, 15) is 19.8 Å². The third kappa shape index (κ3) is 61.3. The molecule has 3 N–H and O–H groups in total. The van der Waals surface area contributed by atoms with Crippen LogP contribution in [0.15, 0.2) is 36.5 Å². The Morgan fingerprint density at radius 3 is 1.03 bits per heavy atom. The van der Waals surface area contributed by atoms with Crippen molar-refractivity contribution >= 4 is 11.9 Å². The number of hydrogen-bond acceptors (Lipinski definition) is 5. The maximum atomic E-state index is 12.5. The highest BCUT2D eigenvalue weighted by molar-refractivity contribution is 5.76. The summed E-state index contributed by atoms with van der Waals surface area (Å²) in [7, 11) is 0. The predicted octanol–water partition coefficient (Wildman–Crippen LogP) is 21.9. The lowest BCUT2D eigenvalue weighted by molar-refractivity contribution is -0.143. The predicted molar refractivity (Wildman–Crippen MR) is 333 cm³/mol. The summed E-state index contributed by atoms with van der Waals surface area (Å²) in [6, 6.07) is -0.542. The lowest BCUT2D eigenvalue weighted by Crippen LogP contribution is -2.45. The van der Waals surface area contributed by atoms with Crippen molar-refractivity contribution in [2.24, 2.45) is 0 Å². The average molecular weight is 1070 g/mol. The highest BCUT2D eigenvalue weighted by atomic mass is 16.5. The summed E-state index contributed by atoms with van der Waals surface area (Å²) in [4.78, 5) is 24.6. The van der Waals surface area contributed by atoms with Crippen molar-refractivity contribution in [1.82, 2.24) is 5.32 Å². The first-order valence-electron chi connectivity index (χ1n) is 34.2. The van der Waals surface area contributed by atoms with E-state index in [0.717, 1.165) is 51.4 Å². The molecule has 1 amide bonds. The zero-order valence-electron chi connectivity index (χ0n) is 51.3. The second kappa shape index (κ2) is 65.6. The number of aliphatic hydroxyl groups is 2. The highest BCUT2D eigenvalue weighted by Gasteiger charge is 2.20. The third-order valence-electron chi connectivity index (χ3n) is 15.9. The number of rotatable bonds is 64. The number of allylic oxidation sites excluding steroid dienone is 6. The molecule has 6 nitrogen and oxygen atoms in total. The fourth-order valence-corrected chi connectivity index (χ4v) is 10.7. The molecule has 0 fully saturated rings. The van der Waals surface area contributed by atoms with Gasteiger partial charge in [-0.2, -0.15) is 0 Å². The molecule has 2 unspecified atom stereocenters. The maximum Gasteiger partial charge on any atom is 0.305 e. The number of amides is 1. The molecule has 0 saturated carbocycles. The van der Waals surface area contributed by atoms with Gasteiger partial charge >= 0.3 is 5.97 Å². The van der Waals surface area contributed by atoms with Crippen LogP contribution in [0.25, 0.3) is 0 Å². The zero-order valence-corrected chi connectivity index (χ0v) is 51.3. The second-order valence-electron chi connectivity index (χ2n) is 23.5. The first-order valence-corrected chi connectivity index (χ1v) is 34.2. The molecule has 0 saturated heterocycles. The molecule has 6 heteroatoms. The van der Waals surface area contributed by atoms with Crippen molar-refractivity contribution in [3.8, 4) is 0 Å². The first kappa shape index (κ1) is 74.1. The summed E-state index contributed by atoms with van der Waals surface area (Å²) in [5.41, 5.74) is 0. The SMILES string of the molecule is CCCCCC/C=C\C/C=C\CCCCCCCC(=O)OCCCCCCCCCCCCCC/C=C\CCCCCCCCCCCCCC(=O)NC(CO)C(O)CCCCCCCCCCCCCCCCCC. The Hall–Kier alpha value is -1.92. The van der Waals surface area contributed by atoms with Crippen molar-refractivity contribution < 1.29 is 24.5 Å². The minimum absolute atomic E-state index is 0.00196. The van der Waals surface area contributed by atoms with Crippen LogP contribution in [0.2, 0.25) is 0 Å². The van der Waals surface area contributed by atoms with E-state index in [1.165, 1.54) is 289 Å². The molecule has 0 heterocycles. The van der Waals surface area contributed by atoms with Gasteiger partial charge in [-0.25, -0.2) is 0 Å². The largest absolute Gasteiger partial charge is 0.466 e. The van der Waals surface area contributed by atoms with Gasteiger partial charge in [0.2, 0.25) is 5.91 Å². The van der Waals surface area contributed by atoms with Gasteiger partial charge in [0.25, 0.3) is 0 Å². The van der Waals surface area contributed by atoms with E-state index in [0.29, 0.717) is 25.9 Å². The van der Waals surface area contributed by atoms with Crippen LogP contribution in [0.5, 0.6) is 0 Å². The number of nitrogens with one attached hydrogen (secondary N) is 1. The van der Waals surface area contributed by atoms with Crippen LogP contribution in [0.3, 0.4) is 0 Å². The summed E-state index contributed by atoms with van der Waals surface area (Å²) >= 11 is 0. The molecule has 0 spiro atoms. The van der Waals surface area contributed by atoms with Crippen molar-refractivity contribution in [2.75, 3.05) is 13.2 Å². The smallest absolute Gasteiger partial charge is 0.305 e. The topological polar surface area (TPSA) is 95.9 Å². The first-order chi connectivity index (χ1) is 37.5. The van der Waals surface area contributed by atoms with Crippen LogP contribution in [0, 0.1) is 0 Å². The van der Waals surface area contributed by atoms with Crippen molar-refractivity contribution in [3.63, 3.8) is 0 Å². The summed E-state index contributed by atoms with van der Waals surface area (Å²) in [5.74, 6) is -0.0314. The minimum Gasteiger partial charge on any atom is -0.466 e. The molecule has 0 aromatic carbocycles. The van der Waals surface area contributed by atoms with Gasteiger partial charge in [0, 0.05) is 12.8 Å². The molecule has 0 bridgehead atoms. The standard InChI is InChI=1S/C70H133NO5/c1-3-5-7-9-11-13-15-17-19-34-38-42-46-50-54-58-62-68(73)67(66-72)71-69(74)63-59-55-51-47-43-39-35-32-30-28-26-24-22-21-23-25-27-29-31-33-37-41-45-49-53-57-61-65-76-70(75)64-60-56-52-48-44-40-36-20-18-16-14-12-10-8-6-4-2/h14,16,20-22,36,67-68,72-73H,3-13,15,17-19,23-35,37-66H2,1-2H3,(H,71,74)/b16-14-,22-21-,36-20-. The quantitative estimate of drug-likeness (QED) is 0.0320. The van der Waals surface area contributed by atoms with Gasteiger partial charge in [-0.1, -0.05) is 314 Å². The second-order valence-corrected chi connectivity index (χ2v) is 23.5. The lowest BCUT2D eigenvalue weighted by atomic mass is 10.0. The van der Waals surface area contributed by atoms with Crippen LogP contribution in [0.1, 0.15) is 373 Å². The van der Waals surface area contributed by atoms with Crippen molar-refractivity contribution in [1.29, 1.82) is 0 Å². The highest BCUT2D eigenvalue weighted by Crippen LogP contribution is 2.18. The number of carbonyl (C=O) groups excluding carboxylic acids is 2. The summed E-state index contributed by atoms with van der Waals surface area (Å²) in [6.07, 6.45) is 83.2. The molecule has 0 rings (SSSR count). The van der Waals surface area contributed by atoms with Crippen LogP contribution < -0.4 is 5.32 Å². The fraction of sp³-hybridized carbons (Fsp3) is 0.886. The van der Waals surface area contributed by atoms with Crippen LogP contribution in [-0.4, -0.2) is 47.4 Å². The van der Waals surface area contributed by atoms with Gasteiger partial charge in [0.15, 0.2) is 0 Å². The van der Waals surface area contributed by atoms with E-state index in [1.807, 2.05) is 0 Å². The molecule has 0 aliphatic heterocycles.